The highest BCUT2D eigenvalue weighted by Crippen LogP contribution is 2.28. The number of carbonyl (C=O) groups is 1. The molecular formula is C16H22N2O2. The summed E-state index contributed by atoms with van der Waals surface area (Å²) in [5, 5.41) is 0. The molecule has 108 valence electrons. The van der Waals surface area contributed by atoms with E-state index in [0.29, 0.717) is 6.61 Å². The second-order valence-electron chi connectivity index (χ2n) is 5.98. The zero-order valence-electron chi connectivity index (χ0n) is 12.3. The van der Waals surface area contributed by atoms with E-state index in [0.717, 1.165) is 49.6 Å². The Morgan fingerprint density at radius 3 is 2.75 bits per heavy atom. The Hall–Kier alpha value is -1.39. The van der Waals surface area contributed by atoms with Crippen LogP contribution in [0.5, 0.6) is 5.75 Å². The Bertz CT molecular complexity index is 507. The van der Waals surface area contributed by atoms with Crippen molar-refractivity contribution < 1.29 is 9.53 Å². The van der Waals surface area contributed by atoms with Crippen LogP contribution < -0.4 is 4.74 Å². The molecule has 0 amide bonds. The highest BCUT2D eigenvalue weighted by Gasteiger charge is 2.30. The lowest BCUT2D eigenvalue weighted by atomic mass is 9.93. The normalized spacial score (nSPS) is 24.3. The third kappa shape index (κ3) is 2.72. The highest BCUT2D eigenvalue weighted by atomic mass is 16.5. The van der Waals surface area contributed by atoms with Crippen LogP contribution in [0.15, 0.2) is 18.2 Å². The molecule has 0 aliphatic carbocycles. The van der Waals surface area contributed by atoms with Crippen molar-refractivity contribution in [2.24, 2.45) is 5.92 Å². The van der Waals surface area contributed by atoms with Gasteiger partial charge in [-0.25, -0.2) is 0 Å². The van der Waals surface area contributed by atoms with E-state index in [1.165, 1.54) is 0 Å². The average molecular weight is 274 g/mol. The molecule has 1 fully saturated rings. The Morgan fingerprint density at radius 1 is 1.25 bits per heavy atom. The number of aryl methyl sites for hydroxylation is 1. The minimum absolute atomic E-state index is 0.0206. The molecule has 4 heteroatoms. The molecule has 1 saturated heterocycles. The fourth-order valence-electron chi connectivity index (χ4n) is 2.93. The number of ketones is 1. The van der Waals surface area contributed by atoms with Crippen LogP contribution in [0.4, 0.5) is 0 Å². The molecule has 2 heterocycles. The second-order valence-corrected chi connectivity index (χ2v) is 5.98. The molecule has 2 aliphatic heterocycles. The maximum atomic E-state index is 12.6. The summed E-state index contributed by atoms with van der Waals surface area (Å²) in [6.45, 7) is 7.59. The molecule has 1 aromatic carbocycles. The largest absolute Gasteiger partial charge is 0.492 e. The number of rotatable bonds is 2. The summed E-state index contributed by atoms with van der Waals surface area (Å²) < 4.78 is 5.77. The van der Waals surface area contributed by atoms with Gasteiger partial charge in [-0.1, -0.05) is 11.6 Å². The minimum atomic E-state index is -0.0206. The second kappa shape index (κ2) is 5.54. The van der Waals surface area contributed by atoms with Gasteiger partial charge in [-0.05, 0) is 26.1 Å². The lowest BCUT2D eigenvalue weighted by molar-refractivity contribution is 0.0712. The van der Waals surface area contributed by atoms with Crippen molar-refractivity contribution in [2.75, 3.05) is 46.4 Å². The summed E-state index contributed by atoms with van der Waals surface area (Å²) in [6.07, 6.45) is 0. The van der Waals surface area contributed by atoms with Gasteiger partial charge in [0.2, 0.25) is 0 Å². The van der Waals surface area contributed by atoms with Crippen molar-refractivity contribution in [3.05, 3.63) is 29.3 Å². The smallest absolute Gasteiger partial charge is 0.174 e. The van der Waals surface area contributed by atoms with Gasteiger partial charge in [0, 0.05) is 32.7 Å². The van der Waals surface area contributed by atoms with Crippen molar-refractivity contribution in [1.82, 2.24) is 9.80 Å². The number of piperazine rings is 1. The third-order valence-electron chi connectivity index (χ3n) is 4.29. The van der Waals surface area contributed by atoms with E-state index in [-0.39, 0.29) is 11.7 Å². The average Bonchev–Trinajstić information content (AvgIpc) is 2.45. The van der Waals surface area contributed by atoms with Crippen molar-refractivity contribution in [3.8, 4) is 5.75 Å². The van der Waals surface area contributed by atoms with Crippen LogP contribution >= 0.6 is 0 Å². The maximum absolute atomic E-state index is 12.6. The Morgan fingerprint density at radius 2 is 2.00 bits per heavy atom. The van der Waals surface area contributed by atoms with Gasteiger partial charge in [0.1, 0.15) is 5.75 Å². The summed E-state index contributed by atoms with van der Waals surface area (Å²) in [5.41, 5.74) is 1.87. The molecule has 20 heavy (non-hydrogen) atoms. The van der Waals surface area contributed by atoms with Gasteiger partial charge in [-0.2, -0.15) is 0 Å². The van der Waals surface area contributed by atoms with Gasteiger partial charge in [-0.15, -0.1) is 0 Å². The van der Waals surface area contributed by atoms with Crippen molar-refractivity contribution in [3.63, 3.8) is 0 Å². The first-order valence-corrected chi connectivity index (χ1v) is 7.32. The van der Waals surface area contributed by atoms with Crippen molar-refractivity contribution in [2.45, 2.75) is 6.92 Å². The Labute approximate surface area is 120 Å². The van der Waals surface area contributed by atoms with Gasteiger partial charge in [-0.3, -0.25) is 9.69 Å². The molecule has 0 radical (unpaired) electrons. The van der Waals surface area contributed by atoms with Crippen LogP contribution in [0.3, 0.4) is 0 Å². The molecule has 3 rings (SSSR count). The number of likely N-dealkylation sites (N-methyl/N-ethyl adjacent to an activating group) is 1. The first-order chi connectivity index (χ1) is 9.63. The first kappa shape index (κ1) is 13.6. The molecule has 0 spiro atoms. The van der Waals surface area contributed by atoms with E-state index < -0.39 is 0 Å². The topological polar surface area (TPSA) is 32.8 Å². The molecule has 0 aromatic heterocycles. The van der Waals surface area contributed by atoms with E-state index in [2.05, 4.69) is 16.8 Å². The predicted molar refractivity (Wildman–Crippen MR) is 78.4 cm³/mol. The number of ether oxygens (including phenoxy) is 1. The van der Waals surface area contributed by atoms with Crippen LogP contribution in [0, 0.1) is 12.8 Å². The van der Waals surface area contributed by atoms with Gasteiger partial charge < -0.3 is 9.64 Å². The lowest BCUT2D eigenvalue weighted by Gasteiger charge is -2.35. The quantitative estimate of drug-likeness (QED) is 0.817. The standard InChI is InChI=1S/C16H22N2O2/c1-12-3-4-15-14(9-12)16(19)13(11-20-15)10-18-7-5-17(2)6-8-18/h3-4,9,13H,5-8,10-11H2,1-2H3. The summed E-state index contributed by atoms with van der Waals surface area (Å²) >= 11 is 0. The third-order valence-corrected chi connectivity index (χ3v) is 4.29. The molecule has 0 N–H and O–H groups in total. The van der Waals surface area contributed by atoms with Crippen molar-refractivity contribution in [1.29, 1.82) is 0 Å². The van der Waals surface area contributed by atoms with Crippen molar-refractivity contribution >= 4 is 5.78 Å². The maximum Gasteiger partial charge on any atom is 0.174 e. The SMILES string of the molecule is Cc1ccc2c(c1)C(=O)C(CN1CCN(C)CC1)CO2. The van der Waals surface area contributed by atoms with Crippen LogP contribution in [0.1, 0.15) is 15.9 Å². The molecule has 2 aliphatic rings. The Balaban J connectivity index is 1.69. The number of hydrogen-bond acceptors (Lipinski definition) is 4. The number of benzene rings is 1. The number of fused-ring (bicyclic) bond motifs is 1. The van der Waals surface area contributed by atoms with Crippen LogP contribution in [0.2, 0.25) is 0 Å². The van der Waals surface area contributed by atoms with E-state index in [1.54, 1.807) is 0 Å². The van der Waals surface area contributed by atoms with Crippen LogP contribution in [0.25, 0.3) is 0 Å². The highest BCUT2D eigenvalue weighted by molar-refractivity contribution is 6.01. The summed E-state index contributed by atoms with van der Waals surface area (Å²) in [7, 11) is 2.14. The number of Topliss-reactive ketones (excluding diaryl/α,β-unsaturated/α-hetero) is 1. The molecule has 1 aromatic rings. The zero-order chi connectivity index (χ0) is 14.1. The molecule has 1 atom stereocenters. The summed E-state index contributed by atoms with van der Waals surface area (Å²) in [5.74, 6) is 0.969. The molecular weight excluding hydrogens is 252 g/mol. The fourth-order valence-corrected chi connectivity index (χ4v) is 2.93. The van der Waals surface area contributed by atoms with Gasteiger partial charge in [0.25, 0.3) is 0 Å². The monoisotopic (exact) mass is 274 g/mol. The minimum Gasteiger partial charge on any atom is -0.492 e. The molecule has 4 nitrogen and oxygen atoms in total. The fraction of sp³-hybridized carbons (Fsp3) is 0.562. The first-order valence-electron chi connectivity index (χ1n) is 7.32. The molecule has 1 unspecified atom stereocenters. The Kier molecular flexibility index (Phi) is 3.76. The zero-order valence-corrected chi connectivity index (χ0v) is 12.3. The molecule has 0 bridgehead atoms. The summed E-state index contributed by atoms with van der Waals surface area (Å²) in [4.78, 5) is 17.3. The van der Waals surface area contributed by atoms with Crippen LogP contribution in [-0.4, -0.2) is 62.0 Å². The number of nitrogens with zero attached hydrogens (tertiary/aromatic N) is 2. The van der Waals surface area contributed by atoms with E-state index in [9.17, 15) is 4.79 Å². The van der Waals surface area contributed by atoms with E-state index in [1.807, 2.05) is 25.1 Å². The number of hydrogen-bond donors (Lipinski definition) is 0. The van der Waals surface area contributed by atoms with Gasteiger partial charge >= 0.3 is 0 Å². The summed E-state index contributed by atoms with van der Waals surface area (Å²) in [6, 6.07) is 5.86. The van der Waals surface area contributed by atoms with Crippen LogP contribution in [-0.2, 0) is 0 Å². The number of carbonyl (C=O) groups excluding carboxylic acids is 1. The molecule has 0 saturated carbocycles. The predicted octanol–water partition coefficient (Wildman–Crippen LogP) is 1.43. The van der Waals surface area contributed by atoms with Gasteiger partial charge in [0.15, 0.2) is 5.78 Å². The lowest BCUT2D eigenvalue weighted by Crippen LogP contribution is -2.48. The van der Waals surface area contributed by atoms with E-state index >= 15 is 0 Å². The van der Waals surface area contributed by atoms with E-state index in [4.69, 9.17) is 4.74 Å². The van der Waals surface area contributed by atoms with Gasteiger partial charge in [0.05, 0.1) is 18.1 Å².